The third-order valence-corrected chi connectivity index (χ3v) is 11.5. The number of unbranched alkanes of at least 4 members (excludes halogenated alkanes) is 27. The van der Waals surface area contributed by atoms with Gasteiger partial charge >= 0.3 is 0 Å². The molecule has 0 saturated carbocycles. The molecule has 2 N–H and O–H groups in total. The minimum Gasteiger partial charge on any atom is -0.756 e. The smallest absolute Gasteiger partial charge is 0.268 e. The Kier molecular flexibility index (Phi) is 37.3. The first-order chi connectivity index (χ1) is 26.0. The third kappa shape index (κ3) is 39.5. The Morgan fingerprint density at radius 3 is 1.50 bits per heavy atom. The van der Waals surface area contributed by atoms with Gasteiger partial charge in [-0.3, -0.25) is 9.36 Å². The number of quaternary nitrogens is 1. The highest BCUT2D eigenvalue weighted by atomic mass is 31.2. The number of aliphatic hydroxyl groups excluding tert-OH is 1. The van der Waals surface area contributed by atoms with Gasteiger partial charge in [-0.15, -0.1) is 0 Å². The molecule has 0 aliphatic carbocycles. The summed E-state index contributed by atoms with van der Waals surface area (Å²) in [5.41, 5.74) is 0. The lowest BCUT2D eigenvalue weighted by Crippen LogP contribution is -2.46. The van der Waals surface area contributed by atoms with Crippen molar-refractivity contribution in [2.45, 2.75) is 231 Å². The van der Waals surface area contributed by atoms with Crippen LogP contribution in [0.3, 0.4) is 0 Å². The zero-order valence-corrected chi connectivity index (χ0v) is 37.3. The fourth-order valence-electron chi connectivity index (χ4n) is 6.79. The lowest BCUT2D eigenvalue weighted by Gasteiger charge is -2.30. The molecule has 3 unspecified atom stereocenters. The highest BCUT2D eigenvalue weighted by molar-refractivity contribution is 7.45. The Morgan fingerprint density at radius 1 is 0.630 bits per heavy atom. The highest BCUT2D eigenvalue weighted by Crippen LogP contribution is 2.38. The van der Waals surface area contributed by atoms with Gasteiger partial charge in [0.15, 0.2) is 0 Å². The summed E-state index contributed by atoms with van der Waals surface area (Å²) in [6, 6.07) is -0.801. The molecule has 0 aliphatic rings. The van der Waals surface area contributed by atoms with E-state index in [1.54, 1.807) is 0 Å². The van der Waals surface area contributed by atoms with E-state index in [0.29, 0.717) is 23.9 Å². The molecule has 0 aromatic rings. The summed E-state index contributed by atoms with van der Waals surface area (Å²) >= 11 is 0. The van der Waals surface area contributed by atoms with Gasteiger partial charge in [0.2, 0.25) is 5.91 Å². The van der Waals surface area contributed by atoms with Crippen LogP contribution in [-0.2, 0) is 18.4 Å². The van der Waals surface area contributed by atoms with E-state index in [9.17, 15) is 19.4 Å². The number of nitrogens with zero attached hydrogens (tertiary/aromatic N) is 1. The van der Waals surface area contributed by atoms with E-state index in [4.69, 9.17) is 9.05 Å². The molecular weight excluding hydrogens is 695 g/mol. The second kappa shape index (κ2) is 37.8. The van der Waals surface area contributed by atoms with Crippen molar-refractivity contribution in [3.63, 3.8) is 0 Å². The van der Waals surface area contributed by atoms with Crippen molar-refractivity contribution in [3.8, 4) is 0 Å². The Bertz CT molecular complexity index is 896. The lowest BCUT2D eigenvalue weighted by atomic mass is 10.0. The SMILES string of the molecule is CCCC/C=C\CCCCCCC(=O)NC(COP(=O)([O-])OCC[N+](C)(C)C)C(O)CCCCCCCCCCCCCCCCCCCCCCCC. The van der Waals surface area contributed by atoms with Crippen LogP contribution in [0, 0.1) is 0 Å². The number of aliphatic hydroxyl groups is 1. The maximum atomic E-state index is 12.8. The number of amides is 1. The molecule has 322 valence electrons. The zero-order chi connectivity index (χ0) is 40.0. The van der Waals surface area contributed by atoms with Crippen molar-refractivity contribution in [1.29, 1.82) is 0 Å². The number of phosphoric acid groups is 1. The first kappa shape index (κ1) is 53.2. The van der Waals surface area contributed by atoms with E-state index >= 15 is 0 Å². The molecule has 0 aromatic heterocycles. The van der Waals surface area contributed by atoms with Crippen LogP contribution in [0.25, 0.3) is 0 Å². The molecule has 1 amide bonds. The Balaban J connectivity index is 4.20. The number of phosphoric ester groups is 1. The van der Waals surface area contributed by atoms with Crippen molar-refractivity contribution in [2.24, 2.45) is 0 Å². The summed E-state index contributed by atoms with van der Waals surface area (Å²) < 4.78 is 23.2. The molecule has 0 heterocycles. The molecule has 0 bridgehead atoms. The Morgan fingerprint density at radius 2 is 1.04 bits per heavy atom. The maximum Gasteiger partial charge on any atom is 0.268 e. The van der Waals surface area contributed by atoms with Crippen molar-refractivity contribution < 1.29 is 32.9 Å². The zero-order valence-electron chi connectivity index (χ0n) is 36.4. The van der Waals surface area contributed by atoms with E-state index < -0.39 is 20.0 Å². The second-order valence-electron chi connectivity index (χ2n) is 17.1. The van der Waals surface area contributed by atoms with E-state index in [-0.39, 0.29) is 19.1 Å². The van der Waals surface area contributed by atoms with Crippen LogP contribution in [-0.4, -0.2) is 68.5 Å². The first-order valence-corrected chi connectivity index (χ1v) is 24.5. The van der Waals surface area contributed by atoms with Crippen LogP contribution in [0.4, 0.5) is 0 Å². The summed E-state index contributed by atoms with van der Waals surface area (Å²) in [5, 5.41) is 13.9. The molecule has 0 radical (unpaired) electrons. The van der Waals surface area contributed by atoms with Gasteiger partial charge < -0.3 is 28.8 Å². The minimum atomic E-state index is -4.56. The number of rotatable bonds is 42. The Hall–Kier alpha value is -0.760. The predicted molar refractivity (Wildman–Crippen MR) is 229 cm³/mol. The maximum absolute atomic E-state index is 12.8. The van der Waals surface area contributed by atoms with Crippen molar-refractivity contribution in [1.82, 2.24) is 5.32 Å². The topological polar surface area (TPSA) is 108 Å². The van der Waals surface area contributed by atoms with Crippen molar-refractivity contribution >= 4 is 13.7 Å². The second-order valence-corrected chi connectivity index (χ2v) is 18.5. The summed E-state index contributed by atoms with van der Waals surface area (Å²) in [7, 11) is 1.30. The molecule has 0 fully saturated rings. The molecule has 0 rings (SSSR count). The molecule has 54 heavy (non-hydrogen) atoms. The molecule has 8 nitrogen and oxygen atoms in total. The third-order valence-electron chi connectivity index (χ3n) is 10.5. The average molecular weight is 787 g/mol. The molecule has 0 aliphatic heterocycles. The molecule has 0 aromatic carbocycles. The Labute approximate surface area is 335 Å². The largest absolute Gasteiger partial charge is 0.756 e. The summed E-state index contributed by atoms with van der Waals surface area (Å²) in [5.74, 6) is -0.178. The highest BCUT2D eigenvalue weighted by Gasteiger charge is 2.24. The van der Waals surface area contributed by atoms with E-state index in [1.807, 2.05) is 21.1 Å². The number of allylic oxidation sites excluding steroid dienone is 2. The lowest BCUT2D eigenvalue weighted by molar-refractivity contribution is -0.870. The van der Waals surface area contributed by atoms with Gasteiger partial charge in [0.1, 0.15) is 13.2 Å². The number of likely N-dealkylation sites (N-methyl/N-ethyl adjacent to an activating group) is 1. The van der Waals surface area contributed by atoms with Gasteiger partial charge in [0, 0.05) is 6.42 Å². The molecule has 0 saturated heterocycles. The van der Waals surface area contributed by atoms with Crippen LogP contribution in [0.5, 0.6) is 0 Å². The number of hydrogen-bond acceptors (Lipinski definition) is 6. The van der Waals surface area contributed by atoms with E-state index in [0.717, 1.165) is 57.8 Å². The average Bonchev–Trinajstić information content (AvgIpc) is 3.12. The number of nitrogens with one attached hydrogen (secondary N) is 1. The number of carbonyl (C=O) groups is 1. The van der Waals surface area contributed by atoms with Crippen LogP contribution < -0.4 is 10.2 Å². The van der Waals surface area contributed by atoms with Gasteiger partial charge in [-0.1, -0.05) is 193 Å². The van der Waals surface area contributed by atoms with E-state index in [2.05, 4.69) is 31.3 Å². The van der Waals surface area contributed by atoms with Gasteiger partial charge in [0.05, 0.1) is 39.9 Å². The monoisotopic (exact) mass is 787 g/mol. The van der Waals surface area contributed by atoms with Crippen LogP contribution in [0.1, 0.15) is 219 Å². The predicted octanol–water partition coefficient (Wildman–Crippen LogP) is 12.1. The summed E-state index contributed by atoms with van der Waals surface area (Å²) in [4.78, 5) is 25.2. The molecular formula is C45H91N2O6P. The van der Waals surface area contributed by atoms with Gasteiger partial charge in [-0.25, -0.2) is 0 Å². The van der Waals surface area contributed by atoms with Gasteiger partial charge in [0.25, 0.3) is 7.82 Å². The van der Waals surface area contributed by atoms with Crippen molar-refractivity contribution in [2.75, 3.05) is 40.9 Å². The van der Waals surface area contributed by atoms with Crippen molar-refractivity contribution in [3.05, 3.63) is 12.2 Å². The minimum absolute atomic E-state index is 0.0118. The molecule has 3 atom stereocenters. The van der Waals surface area contributed by atoms with E-state index in [1.165, 1.54) is 135 Å². The summed E-state index contributed by atoms with van der Waals surface area (Å²) in [6.45, 7) is 4.68. The van der Waals surface area contributed by atoms with Gasteiger partial charge in [-0.2, -0.15) is 0 Å². The van der Waals surface area contributed by atoms with Crippen LogP contribution in [0.2, 0.25) is 0 Å². The van der Waals surface area contributed by atoms with Crippen LogP contribution >= 0.6 is 7.82 Å². The molecule has 0 spiro atoms. The summed E-state index contributed by atoms with van der Waals surface area (Å²) in [6.07, 6.45) is 42.3. The fraction of sp³-hybridized carbons (Fsp3) is 0.933. The molecule has 9 heteroatoms. The number of hydrogen-bond donors (Lipinski definition) is 2. The standard InChI is InChI=1S/C45H91N2O6P/c1-6-8-10-12-14-16-18-19-20-21-22-23-24-25-26-27-28-29-30-32-34-36-38-44(48)43(42-53-54(50,51)52-41-40-47(3,4)5)46-45(49)39-37-35-33-31-17-15-13-11-9-7-2/h13,15,43-44,48H,6-12,14,16-42H2,1-5H3,(H-,46,49,50,51)/b15-13-. The van der Waals surface area contributed by atoms with Crippen LogP contribution in [0.15, 0.2) is 12.2 Å². The normalized spacial score (nSPS) is 14.4. The number of carbonyl (C=O) groups excluding carboxylic acids is 1. The van der Waals surface area contributed by atoms with Gasteiger partial charge in [-0.05, 0) is 32.1 Å². The first-order valence-electron chi connectivity index (χ1n) is 23.0. The fourth-order valence-corrected chi connectivity index (χ4v) is 7.51. The quantitative estimate of drug-likeness (QED) is 0.0276.